The van der Waals surface area contributed by atoms with Crippen molar-refractivity contribution >= 4 is 17.3 Å². The zero-order chi connectivity index (χ0) is 15.1. The SMILES string of the molecule is COCCNC(=O)c1cc(N)ccc1NC[C@H]1CCCO1. The number of ether oxygens (including phenoxy) is 2. The second-order valence-electron chi connectivity index (χ2n) is 5.07. The van der Waals surface area contributed by atoms with Crippen LogP contribution in [0, 0.1) is 0 Å². The molecule has 1 atom stereocenters. The van der Waals surface area contributed by atoms with E-state index in [2.05, 4.69) is 10.6 Å². The highest BCUT2D eigenvalue weighted by Gasteiger charge is 2.17. The lowest BCUT2D eigenvalue weighted by molar-refractivity contribution is 0.0937. The van der Waals surface area contributed by atoms with Crippen LogP contribution < -0.4 is 16.4 Å². The first-order valence-electron chi connectivity index (χ1n) is 7.23. The highest BCUT2D eigenvalue weighted by Crippen LogP contribution is 2.20. The minimum Gasteiger partial charge on any atom is -0.399 e. The number of nitrogens with one attached hydrogen (secondary N) is 2. The Hall–Kier alpha value is -1.79. The second kappa shape index (κ2) is 7.85. The first-order chi connectivity index (χ1) is 10.2. The van der Waals surface area contributed by atoms with Crippen LogP contribution in [0.25, 0.3) is 0 Å². The fourth-order valence-electron chi connectivity index (χ4n) is 2.29. The summed E-state index contributed by atoms with van der Waals surface area (Å²) in [7, 11) is 1.60. The molecular formula is C15H23N3O3. The third-order valence-electron chi connectivity index (χ3n) is 3.42. The molecule has 0 unspecified atom stereocenters. The molecule has 1 amide bonds. The van der Waals surface area contributed by atoms with Gasteiger partial charge in [0.1, 0.15) is 0 Å². The van der Waals surface area contributed by atoms with Crippen LogP contribution in [0.5, 0.6) is 0 Å². The van der Waals surface area contributed by atoms with Crippen LogP contribution in [0.1, 0.15) is 23.2 Å². The summed E-state index contributed by atoms with van der Waals surface area (Å²) in [6.07, 6.45) is 2.36. The summed E-state index contributed by atoms with van der Waals surface area (Å²) >= 11 is 0. The summed E-state index contributed by atoms with van der Waals surface area (Å²) in [5.41, 5.74) is 7.66. The summed E-state index contributed by atoms with van der Waals surface area (Å²) in [5, 5.41) is 6.09. The molecule has 0 radical (unpaired) electrons. The number of nitrogen functional groups attached to an aromatic ring is 1. The van der Waals surface area contributed by atoms with Gasteiger partial charge in [-0.3, -0.25) is 4.79 Å². The fourth-order valence-corrected chi connectivity index (χ4v) is 2.29. The summed E-state index contributed by atoms with van der Waals surface area (Å²) in [4.78, 5) is 12.2. The van der Waals surface area contributed by atoms with Crippen molar-refractivity contribution in [1.82, 2.24) is 5.32 Å². The van der Waals surface area contributed by atoms with Gasteiger partial charge in [-0.2, -0.15) is 0 Å². The molecule has 1 aromatic carbocycles. The van der Waals surface area contributed by atoms with Gasteiger partial charge in [0, 0.05) is 38.2 Å². The zero-order valence-corrected chi connectivity index (χ0v) is 12.4. The van der Waals surface area contributed by atoms with Gasteiger partial charge in [-0.25, -0.2) is 0 Å². The molecule has 2 rings (SSSR count). The normalized spacial score (nSPS) is 17.7. The minimum atomic E-state index is -0.158. The maximum absolute atomic E-state index is 12.2. The third kappa shape index (κ3) is 4.61. The van der Waals surface area contributed by atoms with E-state index < -0.39 is 0 Å². The number of carbonyl (C=O) groups is 1. The van der Waals surface area contributed by atoms with E-state index in [1.807, 2.05) is 6.07 Å². The van der Waals surface area contributed by atoms with Crippen molar-refractivity contribution in [2.75, 3.05) is 44.5 Å². The molecule has 0 spiro atoms. The number of anilines is 2. The predicted molar refractivity (Wildman–Crippen MR) is 82.5 cm³/mol. The number of carbonyl (C=O) groups excluding carboxylic acids is 1. The standard InChI is InChI=1S/C15H23N3O3/c1-20-8-6-17-15(19)13-9-11(16)4-5-14(13)18-10-12-3-2-7-21-12/h4-5,9,12,18H,2-3,6-8,10,16H2,1H3,(H,17,19)/t12-/m1/s1. The Labute approximate surface area is 125 Å². The molecule has 1 heterocycles. The Morgan fingerprint density at radius 1 is 1.52 bits per heavy atom. The van der Waals surface area contributed by atoms with Crippen molar-refractivity contribution in [3.05, 3.63) is 23.8 Å². The number of hydrogen-bond donors (Lipinski definition) is 3. The number of benzene rings is 1. The molecule has 1 saturated heterocycles. The molecule has 0 aromatic heterocycles. The first-order valence-corrected chi connectivity index (χ1v) is 7.23. The van der Waals surface area contributed by atoms with Crippen molar-refractivity contribution in [3.63, 3.8) is 0 Å². The monoisotopic (exact) mass is 293 g/mol. The molecule has 1 fully saturated rings. The van der Waals surface area contributed by atoms with E-state index in [9.17, 15) is 4.79 Å². The molecule has 0 saturated carbocycles. The average molecular weight is 293 g/mol. The lowest BCUT2D eigenvalue weighted by atomic mass is 10.1. The van der Waals surface area contributed by atoms with Gasteiger partial charge in [0.15, 0.2) is 0 Å². The first kappa shape index (κ1) is 15.6. The van der Waals surface area contributed by atoms with Crippen LogP contribution in [0.3, 0.4) is 0 Å². The lowest BCUT2D eigenvalue weighted by Crippen LogP contribution is -2.28. The van der Waals surface area contributed by atoms with Crippen LogP contribution >= 0.6 is 0 Å². The maximum Gasteiger partial charge on any atom is 0.253 e. The summed E-state index contributed by atoms with van der Waals surface area (Å²) in [5.74, 6) is -0.158. The van der Waals surface area contributed by atoms with Gasteiger partial charge in [0.2, 0.25) is 0 Å². The van der Waals surface area contributed by atoms with Gasteiger partial charge in [0.05, 0.1) is 18.3 Å². The van der Waals surface area contributed by atoms with Crippen molar-refractivity contribution < 1.29 is 14.3 Å². The Balaban J connectivity index is 1.99. The van der Waals surface area contributed by atoms with Gasteiger partial charge < -0.3 is 25.8 Å². The molecule has 1 aromatic rings. The van der Waals surface area contributed by atoms with Crippen LogP contribution in [0.15, 0.2) is 18.2 Å². The van der Waals surface area contributed by atoms with E-state index >= 15 is 0 Å². The molecule has 1 aliphatic rings. The lowest BCUT2D eigenvalue weighted by Gasteiger charge is -2.15. The van der Waals surface area contributed by atoms with Gasteiger partial charge in [0.25, 0.3) is 5.91 Å². The highest BCUT2D eigenvalue weighted by molar-refractivity contribution is 6.00. The largest absolute Gasteiger partial charge is 0.399 e. The van der Waals surface area contributed by atoms with Crippen molar-refractivity contribution in [1.29, 1.82) is 0 Å². The summed E-state index contributed by atoms with van der Waals surface area (Å²) in [6.45, 7) is 2.46. The predicted octanol–water partition coefficient (Wildman–Crippen LogP) is 1.24. The molecule has 1 aliphatic heterocycles. The summed E-state index contributed by atoms with van der Waals surface area (Å²) < 4.78 is 10.5. The molecule has 21 heavy (non-hydrogen) atoms. The van der Waals surface area contributed by atoms with Gasteiger partial charge in [-0.1, -0.05) is 0 Å². The fraction of sp³-hybridized carbons (Fsp3) is 0.533. The topological polar surface area (TPSA) is 85.6 Å². The number of hydrogen-bond acceptors (Lipinski definition) is 5. The third-order valence-corrected chi connectivity index (χ3v) is 3.42. The Morgan fingerprint density at radius 3 is 3.10 bits per heavy atom. The van der Waals surface area contributed by atoms with Crippen molar-refractivity contribution in [2.24, 2.45) is 0 Å². The van der Waals surface area contributed by atoms with E-state index in [-0.39, 0.29) is 12.0 Å². The molecular weight excluding hydrogens is 270 g/mol. The number of nitrogens with two attached hydrogens (primary N) is 1. The van der Waals surface area contributed by atoms with Crippen molar-refractivity contribution in [2.45, 2.75) is 18.9 Å². The van der Waals surface area contributed by atoms with Gasteiger partial charge in [-0.15, -0.1) is 0 Å². The van der Waals surface area contributed by atoms with Crippen molar-refractivity contribution in [3.8, 4) is 0 Å². The van der Waals surface area contributed by atoms with E-state index in [0.29, 0.717) is 30.9 Å². The van der Waals surface area contributed by atoms with Crippen LogP contribution in [0.4, 0.5) is 11.4 Å². The van der Waals surface area contributed by atoms with E-state index in [0.717, 1.165) is 25.1 Å². The molecule has 0 aliphatic carbocycles. The quantitative estimate of drug-likeness (QED) is 0.520. The van der Waals surface area contributed by atoms with E-state index in [4.69, 9.17) is 15.2 Å². The molecule has 0 bridgehead atoms. The van der Waals surface area contributed by atoms with E-state index in [1.165, 1.54) is 0 Å². The minimum absolute atomic E-state index is 0.158. The maximum atomic E-state index is 12.2. The molecule has 6 heteroatoms. The molecule has 6 nitrogen and oxygen atoms in total. The van der Waals surface area contributed by atoms with Crippen LogP contribution in [-0.4, -0.2) is 45.4 Å². The second-order valence-corrected chi connectivity index (χ2v) is 5.07. The Morgan fingerprint density at radius 2 is 2.38 bits per heavy atom. The van der Waals surface area contributed by atoms with Gasteiger partial charge >= 0.3 is 0 Å². The number of rotatable bonds is 7. The Bertz CT molecular complexity index is 473. The van der Waals surface area contributed by atoms with E-state index in [1.54, 1.807) is 19.2 Å². The smallest absolute Gasteiger partial charge is 0.253 e. The Kier molecular flexibility index (Phi) is 5.83. The molecule has 4 N–H and O–H groups in total. The highest BCUT2D eigenvalue weighted by atomic mass is 16.5. The van der Waals surface area contributed by atoms with Gasteiger partial charge in [-0.05, 0) is 31.0 Å². The van der Waals surface area contributed by atoms with Crippen LogP contribution in [-0.2, 0) is 9.47 Å². The van der Waals surface area contributed by atoms with Crippen LogP contribution in [0.2, 0.25) is 0 Å². The average Bonchev–Trinajstić information content (AvgIpc) is 2.99. The number of amides is 1. The summed E-state index contributed by atoms with van der Waals surface area (Å²) in [6, 6.07) is 5.29. The molecule has 116 valence electrons. The number of methoxy groups -OCH3 is 1. The zero-order valence-electron chi connectivity index (χ0n) is 12.4.